The van der Waals surface area contributed by atoms with Gasteiger partial charge in [0.15, 0.2) is 0 Å². The number of imide groups is 1. The molecule has 154 valence electrons. The van der Waals surface area contributed by atoms with Crippen molar-refractivity contribution in [1.82, 2.24) is 10.2 Å². The maximum absolute atomic E-state index is 11.7. The lowest BCUT2D eigenvalue weighted by Crippen LogP contribution is -2.30. The number of carbonyl (C=O) groups is 3. The van der Waals surface area contributed by atoms with Gasteiger partial charge >= 0.3 is 6.09 Å². The molecule has 1 N–H and O–H groups in total. The maximum atomic E-state index is 11.7. The fraction of sp³-hybridized carbons (Fsp3) is 0.190. The molecule has 2 aliphatic heterocycles. The van der Waals surface area contributed by atoms with Crippen LogP contribution in [0.15, 0.2) is 47.4 Å². The van der Waals surface area contributed by atoms with E-state index in [0.717, 1.165) is 17.3 Å². The van der Waals surface area contributed by atoms with Crippen molar-refractivity contribution in [1.29, 1.82) is 0 Å². The lowest BCUT2D eigenvalue weighted by Gasteiger charge is -2.16. The number of likely N-dealkylation sites (N-methyl/N-ethyl adjacent to an activating group) is 1. The summed E-state index contributed by atoms with van der Waals surface area (Å²) in [6.07, 6.45) is 1.97. The summed E-state index contributed by atoms with van der Waals surface area (Å²) in [6, 6.07) is 12.7. The molecule has 7 nitrogen and oxygen atoms in total. The number of amides is 3. The summed E-state index contributed by atoms with van der Waals surface area (Å²) in [4.78, 5) is 36.3. The van der Waals surface area contributed by atoms with E-state index >= 15 is 0 Å². The molecule has 0 spiro atoms. The van der Waals surface area contributed by atoms with Crippen molar-refractivity contribution < 1.29 is 23.9 Å². The van der Waals surface area contributed by atoms with Crippen LogP contribution in [0.2, 0.25) is 5.02 Å². The number of rotatable bonds is 5. The van der Waals surface area contributed by atoms with Crippen LogP contribution in [0.4, 0.5) is 9.59 Å². The fourth-order valence-electron chi connectivity index (χ4n) is 3.08. The first kappa shape index (κ1) is 20.3. The third-order valence-electron chi connectivity index (χ3n) is 4.77. The summed E-state index contributed by atoms with van der Waals surface area (Å²) in [6.45, 7) is 0.392. The van der Waals surface area contributed by atoms with E-state index in [2.05, 4.69) is 5.32 Å². The van der Waals surface area contributed by atoms with Crippen molar-refractivity contribution in [2.45, 2.75) is 12.5 Å². The normalized spacial score (nSPS) is 19.9. The van der Waals surface area contributed by atoms with Gasteiger partial charge in [-0.05, 0) is 65.7 Å². The van der Waals surface area contributed by atoms with E-state index in [9.17, 15) is 14.4 Å². The highest BCUT2D eigenvalue weighted by atomic mass is 35.5. The highest BCUT2D eigenvalue weighted by molar-refractivity contribution is 8.18. The van der Waals surface area contributed by atoms with Crippen molar-refractivity contribution in [3.63, 3.8) is 0 Å². The van der Waals surface area contributed by atoms with Crippen LogP contribution in [0.25, 0.3) is 6.08 Å². The summed E-state index contributed by atoms with van der Waals surface area (Å²) in [5.41, 5.74) is 1.68. The highest BCUT2D eigenvalue weighted by Gasteiger charge is 2.29. The Kier molecular flexibility index (Phi) is 5.69. The molecule has 0 saturated carbocycles. The van der Waals surface area contributed by atoms with Crippen LogP contribution in [-0.4, -0.2) is 41.8 Å². The van der Waals surface area contributed by atoms with Crippen molar-refractivity contribution in [2.75, 3.05) is 13.7 Å². The predicted molar refractivity (Wildman–Crippen MR) is 114 cm³/mol. The van der Waals surface area contributed by atoms with E-state index in [1.165, 1.54) is 0 Å². The first-order valence-electron chi connectivity index (χ1n) is 9.10. The SMILES string of the molecule is CN1C(=O)OCC1Cc1ccc(Oc2ccc(C=C3SC(=O)NC3=O)c(Cl)c2)cc1. The number of thioether (sulfide) groups is 1. The van der Waals surface area contributed by atoms with Crippen molar-refractivity contribution in [3.05, 3.63) is 63.5 Å². The molecule has 0 bridgehead atoms. The summed E-state index contributed by atoms with van der Waals surface area (Å²) >= 11 is 7.15. The van der Waals surface area contributed by atoms with Crippen LogP contribution in [0.5, 0.6) is 11.5 Å². The fourth-order valence-corrected chi connectivity index (χ4v) is 3.98. The molecule has 0 radical (unpaired) electrons. The number of nitrogens with zero attached hydrogens (tertiary/aromatic N) is 1. The lowest BCUT2D eigenvalue weighted by atomic mass is 10.1. The predicted octanol–water partition coefficient (Wildman–Crippen LogP) is 4.45. The van der Waals surface area contributed by atoms with Gasteiger partial charge in [-0.3, -0.25) is 14.9 Å². The van der Waals surface area contributed by atoms with Gasteiger partial charge in [-0.15, -0.1) is 0 Å². The number of hydrogen-bond donors (Lipinski definition) is 1. The van der Waals surface area contributed by atoms with Gasteiger partial charge in [0.1, 0.15) is 18.1 Å². The standard InChI is InChI=1S/C21H17ClN2O5S/c1-24-14(11-28-21(24)27)8-12-2-5-15(6-3-12)29-16-7-4-13(17(22)10-16)9-18-19(25)23-20(26)30-18/h2-7,9-10,14H,8,11H2,1H3,(H,23,25,26). The Labute approximate surface area is 182 Å². The number of ether oxygens (including phenoxy) is 2. The zero-order valence-corrected chi connectivity index (χ0v) is 17.5. The Morgan fingerprint density at radius 2 is 1.93 bits per heavy atom. The minimum absolute atomic E-state index is 0.0279. The van der Waals surface area contributed by atoms with Crippen LogP contribution in [-0.2, 0) is 16.0 Å². The Hall–Kier alpha value is -2.97. The quantitative estimate of drug-likeness (QED) is 0.686. The van der Waals surface area contributed by atoms with Crippen molar-refractivity contribution in [3.8, 4) is 11.5 Å². The summed E-state index contributed by atoms with van der Waals surface area (Å²) in [5, 5.41) is 2.21. The van der Waals surface area contributed by atoms with Gasteiger partial charge in [0.2, 0.25) is 0 Å². The van der Waals surface area contributed by atoms with Gasteiger partial charge in [0, 0.05) is 7.05 Å². The van der Waals surface area contributed by atoms with Crippen molar-refractivity contribution in [2.24, 2.45) is 0 Å². The van der Waals surface area contributed by atoms with Gasteiger partial charge in [0.05, 0.1) is 16.0 Å². The average Bonchev–Trinajstić information content (AvgIpc) is 3.20. The molecule has 0 aliphatic carbocycles. The number of nitrogens with one attached hydrogen (secondary N) is 1. The van der Waals surface area contributed by atoms with E-state index in [1.807, 2.05) is 24.3 Å². The Morgan fingerprint density at radius 3 is 2.53 bits per heavy atom. The second-order valence-corrected chi connectivity index (χ2v) is 8.25. The summed E-state index contributed by atoms with van der Waals surface area (Å²) < 4.78 is 10.9. The topological polar surface area (TPSA) is 84.9 Å². The molecule has 0 aromatic heterocycles. The molecule has 3 amide bonds. The smallest absolute Gasteiger partial charge is 0.409 e. The molecule has 2 saturated heterocycles. The number of carbonyl (C=O) groups excluding carboxylic acids is 3. The number of halogens is 1. The molecular weight excluding hydrogens is 428 g/mol. The van der Waals surface area contributed by atoms with E-state index in [-0.39, 0.29) is 12.1 Å². The molecular formula is C21H17ClN2O5S. The Morgan fingerprint density at radius 1 is 1.20 bits per heavy atom. The van der Waals surface area contributed by atoms with Crippen LogP contribution < -0.4 is 10.1 Å². The summed E-state index contributed by atoms with van der Waals surface area (Å²) in [5.74, 6) is 0.759. The number of hydrogen-bond acceptors (Lipinski definition) is 6. The molecule has 1 atom stereocenters. The Bertz CT molecular complexity index is 1050. The number of benzene rings is 2. The second kappa shape index (κ2) is 8.41. The maximum Gasteiger partial charge on any atom is 0.409 e. The average molecular weight is 445 g/mol. The number of cyclic esters (lactones) is 1. The molecule has 2 aromatic carbocycles. The second-order valence-electron chi connectivity index (χ2n) is 6.83. The first-order chi connectivity index (χ1) is 14.4. The lowest BCUT2D eigenvalue weighted by molar-refractivity contribution is -0.115. The minimum atomic E-state index is -0.429. The van der Waals surface area contributed by atoms with Crippen LogP contribution in [0.3, 0.4) is 0 Å². The van der Waals surface area contributed by atoms with E-state index < -0.39 is 11.1 Å². The van der Waals surface area contributed by atoms with Gasteiger partial charge in [-0.25, -0.2) is 4.79 Å². The molecule has 9 heteroatoms. The molecule has 4 rings (SSSR count). The van der Waals surface area contributed by atoms with Gasteiger partial charge in [-0.1, -0.05) is 23.7 Å². The van der Waals surface area contributed by atoms with E-state index in [1.54, 1.807) is 36.2 Å². The molecule has 2 fully saturated rings. The van der Waals surface area contributed by atoms with Gasteiger partial charge in [-0.2, -0.15) is 0 Å². The third-order valence-corrected chi connectivity index (χ3v) is 5.90. The van der Waals surface area contributed by atoms with Crippen LogP contribution >= 0.6 is 23.4 Å². The molecule has 2 aliphatic rings. The van der Waals surface area contributed by atoms with Crippen LogP contribution in [0, 0.1) is 0 Å². The zero-order chi connectivity index (χ0) is 21.3. The van der Waals surface area contributed by atoms with Gasteiger partial charge in [0.25, 0.3) is 11.1 Å². The van der Waals surface area contributed by atoms with E-state index in [4.69, 9.17) is 21.1 Å². The monoisotopic (exact) mass is 444 g/mol. The third kappa shape index (κ3) is 4.44. The van der Waals surface area contributed by atoms with Gasteiger partial charge < -0.3 is 14.4 Å². The van der Waals surface area contributed by atoms with Crippen LogP contribution in [0.1, 0.15) is 11.1 Å². The molecule has 2 aromatic rings. The van der Waals surface area contributed by atoms with Crippen molar-refractivity contribution >= 4 is 46.7 Å². The molecule has 2 heterocycles. The zero-order valence-electron chi connectivity index (χ0n) is 15.9. The molecule has 1 unspecified atom stereocenters. The summed E-state index contributed by atoms with van der Waals surface area (Å²) in [7, 11) is 1.73. The molecule has 30 heavy (non-hydrogen) atoms. The Balaban J connectivity index is 1.41. The largest absolute Gasteiger partial charge is 0.457 e. The highest BCUT2D eigenvalue weighted by Crippen LogP contribution is 2.31. The van der Waals surface area contributed by atoms with E-state index in [0.29, 0.717) is 40.0 Å². The first-order valence-corrected chi connectivity index (χ1v) is 10.3. The minimum Gasteiger partial charge on any atom is -0.457 e.